The van der Waals surface area contributed by atoms with Crippen molar-refractivity contribution in [3.8, 4) is 0 Å². The first-order valence-corrected chi connectivity index (χ1v) is 8.98. The van der Waals surface area contributed by atoms with Gasteiger partial charge in [0.05, 0.1) is 31.4 Å². The van der Waals surface area contributed by atoms with E-state index in [1.807, 2.05) is 24.3 Å². The summed E-state index contributed by atoms with van der Waals surface area (Å²) < 4.78 is 16.2. The summed E-state index contributed by atoms with van der Waals surface area (Å²) >= 11 is 3.39. The van der Waals surface area contributed by atoms with Gasteiger partial charge in [-0.1, -0.05) is 28.1 Å². The maximum atomic E-state index is 12.7. The molecular weight excluding hydrogens is 404 g/mol. The molecule has 1 aliphatic heterocycles. The van der Waals surface area contributed by atoms with Gasteiger partial charge in [0, 0.05) is 24.4 Å². The Morgan fingerprint density at radius 1 is 1.15 bits per heavy atom. The minimum Gasteiger partial charge on any atom is -0.460 e. The minimum atomic E-state index is -0.579. The van der Waals surface area contributed by atoms with Crippen LogP contribution in [0, 0.1) is 0 Å². The number of hydrogen-bond donors (Lipinski definition) is 1. The summed E-state index contributed by atoms with van der Waals surface area (Å²) in [5, 5.41) is 2.89. The third-order valence-electron chi connectivity index (χ3n) is 4.06. The number of esters is 1. The lowest BCUT2D eigenvalue weighted by molar-refractivity contribution is -0.140. The predicted octanol–water partition coefficient (Wildman–Crippen LogP) is 2.63. The summed E-state index contributed by atoms with van der Waals surface area (Å²) in [6.45, 7) is 2.90. The Hall–Kier alpha value is -1.90. The first kappa shape index (κ1) is 20.4. The lowest BCUT2D eigenvalue weighted by atomic mass is 9.95. The highest BCUT2D eigenvalue weighted by Gasteiger charge is 2.36. The van der Waals surface area contributed by atoms with Crippen molar-refractivity contribution in [3.05, 3.63) is 45.6 Å². The van der Waals surface area contributed by atoms with E-state index in [9.17, 15) is 9.59 Å². The lowest BCUT2D eigenvalue weighted by Crippen LogP contribution is -2.49. The van der Waals surface area contributed by atoms with Crippen molar-refractivity contribution in [2.45, 2.75) is 13.0 Å². The maximum Gasteiger partial charge on any atom is 0.338 e. The lowest BCUT2D eigenvalue weighted by Gasteiger charge is -2.35. The normalized spacial score (nSPS) is 17.3. The number of methoxy groups -OCH3 is 2. The largest absolute Gasteiger partial charge is 0.460 e. The van der Waals surface area contributed by atoms with E-state index in [0.29, 0.717) is 31.0 Å². The van der Waals surface area contributed by atoms with Gasteiger partial charge in [-0.15, -0.1) is 0 Å². The van der Waals surface area contributed by atoms with Crippen LogP contribution in [0.25, 0.3) is 0 Å². The number of carbonyl (C=O) groups is 2. The van der Waals surface area contributed by atoms with Crippen LogP contribution in [0.5, 0.6) is 0 Å². The Labute approximate surface area is 161 Å². The van der Waals surface area contributed by atoms with E-state index < -0.39 is 12.0 Å². The Bertz CT molecular complexity index is 675. The topological polar surface area (TPSA) is 77.1 Å². The molecule has 2 amide bonds. The molecule has 1 N–H and O–H groups in total. The fourth-order valence-corrected chi connectivity index (χ4v) is 2.96. The molecule has 0 saturated heterocycles. The smallest absolute Gasteiger partial charge is 0.338 e. The SMILES string of the molecule is COCCOC(=O)C1=C(C)N(CCOC)C(=O)NC1c1ccc(Br)cc1. The third-order valence-corrected chi connectivity index (χ3v) is 4.59. The summed E-state index contributed by atoms with van der Waals surface area (Å²) in [7, 11) is 3.10. The summed E-state index contributed by atoms with van der Waals surface area (Å²) in [4.78, 5) is 26.7. The van der Waals surface area contributed by atoms with Crippen LogP contribution in [0.15, 0.2) is 40.0 Å². The van der Waals surface area contributed by atoms with Crippen LogP contribution >= 0.6 is 15.9 Å². The van der Waals surface area contributed by atoms with Crippen LogP contribution in [0.1, 0.15) is 18.5 Å². The highest BCUT2D eigenvalue weighted by molar-refractivity contribution is 9.10. The van der Waals surface area contributed by atoms with Crippen LogP contribution in [0.3, 0.4) is 0 Å². The first-order chi connectivity index (χ1) is 12.5. The Morgan fingerprint density at radius 2 is 1.81 bits per heavy atom. The van der Waals surface area contributed by atoms with Crippen molar-refractivity contribution in [1.82, 2.24) is 10.2 Å². The highest BCUT2D eigenvalue weighted by atomic mass is 79.9. The molecule has 1 aromatic rings. The van der Waals surface area contributed by atoms with Gasteiger partial charge in [0.15, 0.2) is 0 Å². The number of hydrogen-bond acceptors (Lipinski definition) is 5. The van der Waals surface area contributed by atoms with Crippen LogP contribution in [0.4, 0.5) is 4.79 Å². The summed E-state index contributed by atoms with van der Waals surface area (Å²) in [5.41, 5.74) is 1.76. The molecule has 1 atom stereocenters. The van der Waals surface area contributed by atoms with Crippen LogP contribution in [-0.2, 0) is 19.0 Å². The van der Waals surface area contributed by atoms with Crippen LogP contribution in [0.2, 0.25) is 0 Å². The zero-order valence-corrected chi connectivity index (χ0v) is 16.7. The fraction of sp³-hybridized carbons (Fsp3) is 0.444. The Morgan fingerprint density at radius 3 is 2.42 bits per heavy atom. The molecule has 8 heteroatoms. The number of halogens is 1. The van der Waals surface area contributed by atoms with Crippen molar-refractivity contribution in [3.63, 3.8) is 0 Å². The number of ether oxygens (including phenoxy) is 3. The second kappa shape index (κ2) is 9.70. The van der Waals surface area contributed by atoms with Gasteiger partial charge in [0.2, 0.25) is 0 Å². The number of nitrogens with one attached hydrogen (secondary N) is 1. The van der Waals surface area contributed by atoms with E-state index in [1.165, 1.54) is 12.0 Å². The monoisotopic (exact) mass is 426 g/mol. The first-order valence-electron chi connectivity index (χ1n) is 8.18. The minimum absolute atomic E-state index is 0.144. The quantitative estimate of drug-likeness (QED) is 0.510. The molecule has 1 aliphatic rings. The predicted molar refractivity (Wildman–Crippen MR) is 99.5 cm³/mol. The van der Waals surface area contributed by atoms with Crippen molar-refractivity contribution in [2.24, 2.45) is 0 Å². The Balaban J connectivity index is 2.38. The number of amides is 2. The second-order valence-electron chi connectivity index (χ2n) is 5.71. The van der Waals surface area contributed by atoms with Crippen molar-refractivity contribution >= 4 is 27.9 Å². The summed E-state index contributed by atoms with van der Waals surface area (Å²) in [5.74, 6) is -0.477. The van der Waals surface area contributed by atoms with Gasteiger partial charge >= 0.3 is 12.0 Å². The molecule has 0 spiro atoms. The van der Waals surface area contributed by atoms with E-state index in [0.717, 1.165) is 10.0 Å². The molecule has 2 rings (SSSR count). The second-order valence-corrected chi connectivity index (χ2v) is 6.62. The van der Waals surface area contributed by atoms with Gasteiger partial charge in [0.1, 0.15) is 6.61 Å². The van der Waals surface area contributed by atoms with Crippen LogP contribution in [-0.4, -0.2) is 57.5 Å². The molecule has 26 heavy (non-hydrogen) atoms. The zero-order chi connectivity index (χ0) is 19.1. The Kier molecular flexibility index (Phi) is 7.62. The van der Waals surface area contributed by atoms with Gasteiger partial charge in [-0.2, -0.15) is 0 Å². The van der Waals surface area contributed by atoms with E-state index in [2.05, 4.69) is 21.2 Å². The summed E-state index contributed by atoms with van der Waals surface area (Å²) in [6, 6.07) is 6.58. The molecular formula is C18H23BrN2O5. The number of nitrogens with zero attached hydrogens (tertiary/aromatic N) is 1. The fourth-order valence-electron chi connectivity index (χ4n) is 2.70. The molecule has 0 saturated carbocycles. The highest BCUT2D eigenvalue weighted by Crippen LogP contribution is 2.31. The number of urea groups is 1. The molecule has 1 heterocycles. The molecule has 0 aliphatic carbocycles. The number of allylic oxidation sites excluding steroid dienone is 1. The van der Waals surface area contributed by atoms with Gasteiger partial charge in [0.25, 0.3) is 0 Å². The molecule has 1 aromatic carbocycles. The van der Waals surface area contributed by atoms with Crippen molar-refractivity contribution in [2.75, 3.05) is 40.6 Å². The number of benzene rings is 1. The van der Waals surface area contributed by atoms with E-state index >= 15 is 0 Å². The van der Waals surface area contributed by atoms with Crippen molar-refractivity contribution < 1.29 is 23.8 Å². The van der Waals surface area contributed by atoms with Gasteiger partial charge in [-0.3, -0.25) is 4.90 Å². The van der Waals surface area contributed by atoms with Crippen molar-refractivity contribution in [1.29, 1.82) is 0 Å². The van der Waals surface area contributed by atoms with Gasteiger partial charge in [-0.25, -0.2) is 9.59 Å². The molecule has 0 fully saturated rings. The van der Waals surface area contributed by atoms with E-state index in [4.69, 9.17) is 14.2 Å². The molecule has 142 valence electrons. The molecule has 1 unspecified atom stereocenters. The third kappa shape index (κ3) is 4.84. The average Bonchev–Trinajstić information content (AvgIpc) is 2.62. The molecule has 7 nitrogen and oxygen atoms in total. The van der Waals surface area contributed by atoms with E-state index in [1.54, 1.807) is 14.0 Å². The van der Waals surface area contributed by atoms with Crippen LogP contribution < -0.4 is 5.32 Å². The number of carbonyl (C=O) groups excluding carboxylic acids is 2. The average molecular weight is 427 g/mol. The number of rotatable bonds is 8. The van der Waals surface area contributed by atoms with Gasteiger partial charge < -0.3 is 19.5 Å². The molecule has 0 aromatic heterocycles. The standard InChI is InChI=1S/C18H23BrN2O5/c1-12-15(17(22)26-11-10-25-3)16(13-4-6-14(19)7-5-13)20-18(23)21(12)8-9-24-2/h4-7,16H,8-11H2,1-3H3,(H,20,23). The molecule has 0 radical (unpaired) electrons. The van der Waals surface area contributed by atoms with E-state index in [-0.39, 0.29) is 12.6 Å². The summed E-state index contributed by atoms with van der Waals surface area (Å²) in [6.07, 6.45) is 0. The molecule has 0 bridgehead atoms. The van der Waals surface area contributed by atoms with Gasteiger partial charge in [-0.05, 0) is 24.6 Å². The maximum absolute atomic E-state index is 12.7. The zero-order valence-electron chi connectivity index (χ0n) is 15.1.